The van der Waals surface area contributed by atoms with Gasteiger partial charge in [0.15, 0.2) is 0 Å². The number of carbonyl (C=O) groups excluding carboxylic acids is 2. The van der Waals surface area contributed by atoms with Crippen molar-refractivity contribution in [1.29, 1.82) is 0 Å². The van der Waals surface area contributed by atoms with Gasteiger partial charge in [0.05, 0.1) is 10.5 Å². The highest BCUT2D eigenvalue weighted by molar-refractivity contribution is 7.85. The van der Waals surface area contributed by atoms with Crippen LogP contribution in [0.1, 0.15) is 12.8 Å². The van der Waals surface area contributed by atoms with Gasteiger partial charge in [0.1, 0.15) is 0 Å². The van der Waals surface area contributed by atoms with Gasteiger partial charge in [-0.1, -0.05) is 0 Å². The van der Waals surface area contributed by atoms with E-state index in [0.29, 0.717) is 6.54 Å². The van der Waals surface area contributed by atoms with Crippen molar-refractivity contribution in [3.05, 3.63) is 0 Å². The molecule has 2 amide bonds. The molecule has 4 unspecified atom stereocenters. The lowest BCUT2D eigenvalue weighted by Crippen LogP contribution is -2.43. The molecule has 8 heteroatoms. The Labute approximate surface area is 129 Å². The Morgan fingerprint density at radius 3 is 2.11 bits per heavy atom. The van der Waals surface area contributed by atoms with Crippen molar-refractivity contribution in [1.82, 2.24) is 10.6 Å². The molecule has 0 aliphatic carbocycles. The minimum atomic E-state index is -0.220. The van der Waals surface area contributed by atoms with Gasteiger partial charge in [0, 0.05) is 23.6 Å². The fourth-order valence-electron chi connectivity index (χ4n) is 1.56. The van der Waals surface area contributed by atoms with Gasteiger partial charge >= 0.3 is 0 Å². The summed E-state index contributed by atoms with van der Waals surface area (Å²) in [4.78, 5) is 21.5. The van der Waals surface area contributed by atoms with Crippen LogP contribution in [0.3, 0.4) is 0 Å². The Balaban J connectivity index is 0.000000180. The number of carbonyl (C=O) groups is 2. The Bertz CT molecular complexity index is 316. The highest BCUT2D eigenvalue weighted by atomic mass is 32.1. The summed E-state index contributed by atoms with van der Waals surface area (Å²) < 4.78 is 0. The molecule has 0 bridgehead atoms. The van der Waals surface area contributed by atoms with E-state index in [1.165, 1.54) is 0 Å². The fraction of sp³-hybridized carbons (Fsp3) is 0.800. The van der Waals surface area contributed by atoms with Gasteiger partial charge in [-0.3, -0.25) is 9.59 Å². The van der Waals surface area contributed by atoms with Crippen molar-refractivity contribution in [3.63, 3.8) is 0 Å². The highest BCUT2D eigenvalue weighted by Crippen LogP contribution is 2.15. The van der Waals surface area contributed by atoms with Gasteiger partial charge in [-0.05, 0) is 12.8 Å². The summed E-state index contributed by atoms with van der Waals surface area (Å²) in [6.45, 7) is 1.42. The maximum Gasteiger partial charge on any atom is 0.233 e. The first-order valence-corrected chi connectivity index (χ1v) is 7.76. The Kier molecular flexibility index (Phi) is 7.12. The predicted molar refractivity (Wildman–Crippen MR) is 86.3 cm³/mol. The topological polar surface area (TPSA) is 58.2 Å². The average Bonchev–Trinajstić information content (AvgIpc) is 2.32. The number of amides is 2. The van der Waals surface area contributed by atoms with Crippen LogP contribution in [0, 0.1) is 0 Å². The summed E-state index contributed by atoms with van der Waals surface area (Å²) in [5, 5.41) is 5.43. The van der Waals surface area contributed by atoms with Crippen LogP contribution in [0.25, 0.3) is 0 Å². The maximum absolute atomic E-state index is 10.8. The first kappa shape index (κ1) is 16.4. The predicted octanol–water partition coefficient (Wildman–Crippen LogP) is 0.206. The second-order valence-electron chi connectivity index (χ2n) is 4.24. The van der Waals surface area contributed by atoms with E-state index in [2.05, 4.69) is 61.1 Å². The fourth-order valence-corrected chi connectivity index (χ4v) is 2.88. The summed E-state index contributed by atoms with van der Waals surface area (Å²) in [6.07, 6.45) is 1.70. The first-order valence-electron chi connectivity index (χ1n) is 5.69. The van der Waals surface area contributed by atoms with Crippen LogP contribution in [0.4, 0.5) is 0 Å². The van der Waals surface area contributed by atoms with E-state index in [9.17, 15) is 9.59 Å². The summed E-state index contributed by atoms with van der Waals surface area (Å²) >= 11 is 16.5. The Morgan fingerprint density at radius 2 is 1.67 bits per heavy atom. The van der Waals surface area contributed by atoms with Crippen molar-refractivity contribution in [3.8, 4) is 0 Å². The molecule has 2 rings (SSSR count). The highest BCUT2D eigenvalue weighted by Gasteiger charge is 2.25. The van der Waals surface area contributed by atoms with Gasteiger partial charge in [0.25, 0.3) is 0 Å². The Morgan fingerprint density at radius 1 is 1.00 bits per heavy atom. The SMILES string of the molecule is O=C1NCC(S)CC1S.O=C1NCCC(S)C1S. The molecule has 0 radical (unpaired) electrons. The minimum absolute atomic E-state index is 0.00424. The average molecular weight is 327 g/mol. The molecule has 0 aromatic carbocycles. The third kappa shape index (κ3) is 5.14. The van der Waals surface area contributed by atoms with Gasteiger partial charge in [0.2, 0.25) is 11.8 Å². The second-order valence-corrected chi connectivity index (χ2v) is 6.82. The van der Waals surface area contributed by atoms with Crippen LogP contribution in [0.15, 0.2) is 0 Å². The standard InChI is InChI=1S/2C5H9NOS2/c7-5-4(9)1-3(8)2-6-5;7-5-4(9)3(8)1-2-6-5/h2*3-4,8-9H,1-2H2,(H,6,7). The van der Waals surface area contributed by atoms with Crippen molar-refractivity contribution < 1.29 is 9.59 Å². The molecule has 2 saturated heterocycles. The molecule has 0 saturated carbocycles. The van der Waals surface area contributed by atoms with Gasteiger partial charge in [-0.2, -0.15) is 50.5 Å². The third-order valence-electron chi connectivity index (χ3n) is 2.68. The number of rotatable bonds is 0. The lowest BCUT2D eigenvalue weighted by molar-refractivity contribution is -0.122. The number of piperidine rings is 2. The van der Waals surface area contributed by atoms with Crippen molar-refractivity contribution in [2.24, 2.45) is 0 Å². The molecule has 0 aromatic rings. The monoisotopic (exact) mass is 326 g/mol. The molecule has 2 aliphatic heterocycles. The van der Waals surface area contributed by atoms with E-state index in [0.717, 1.165) is 19.4 Å². The summed E-state index contributed by atoms with van der Waals surface area (Å²) in [5.41, 5.74) is 0. The van der Waals surface area contributed by atoms with Crippen LogP contribution in [0.5, 0.6) is 0 Å². The zero-order valence-electron chi connectivity index (χ0n) is 9.74. The summed E-state index contributed by atoms with van der Waals surface area (Å²) in [7, 11) is 0. The number of hydrogen-bond donors (Lipinski definition) is 6. The molecule has 104 valence electrons. The molecular formula is C10H18N2O2S4. The van der Waals surface area contributed by atoms with Crippen LogP contribution < -0.4 is 10.6 Å². The summed E-state index contributed by atoms with van der Waals surface area (Å²) in [6, 6.07) is 0. The minimum Gasteiger partial charge on any atom is -0.355 e. The first-order chi connectivity index (χ1) is 8.41. The molecule has 4 atom stereocenters. The van der Waals surface area contributed by atoms with Crippen LogP contribution in [0.2, 0.25) is 0 Å². The van der Waals surface area contributed by atoms with E-state index >= 15 is 0 Å². The molecular weight excluding hydrogens is 308 g/mol. The van der Waals surface area contributed by atoms with E-state index in [1.54, 1.807) is 0 Å². The summed E-state index contributed by atoms with van der Waals surface area (Å²) in [5.74, 6) is 0.0354. The molecule has 0 aromatic heterocycles. The lowest BCUT2D eigenvalue weighted by atomic mass is 10.1. The van der Waals surface area contributed by atoms with E-state index in [-0.39, 0.29) is 32.8 Å². The van der Waals surface area contributed by atoms with Gasteiger partial charge in [-0.15, -0.1) is 0 Å². The van der Waals surface area contributed by atoms with Crippen LogP contribution in [-0.4, -0.2) is 45.9 Å². The molecule has 2 fully saturated rings. The van der Waals surface area contributed by atoms with Gasteiger partial charge < -0.3 is 10.6 Å². The van der Waals surface area contributed by atoms with E-state index in [1.807, 2.05) is 0 Å². The zero-order valence-corrected chi connectivity index (χ0v) is 13.3. The number of nitrogens with one attached hydrogen (secondary N) is 2. The molecule has 2 N–H and O–H groups in total. The second kappa shape index (κ2) is 7.81. The Hall–Kier alpha value is 0.340. The van der Waals surface area contributed by atoms with Crippen molar-refractivity contribution >= 4 is 62.3 Å². The van der Waals surface area contributed by atoms with Crippen molar-refractivity contribution in [2.75, 3.05) is 13.1 Å². The van der Waals surface area contributed by atoms with E-state index < -0.39 is 0 Å². The third-order valence-corrected chi connectivity index (χ3v) is 4.91. The van der Waals surface area contributed by atoms with Crippen LogP contribution in [-0.2, 0) is 9.59 Å². The van der Waals surface area contributed by atoms with E-state index in [4.69, 9.17) is 0 Å². The lowest BCUT2D eigenvalue weighted by Gasteiger charge is -2.23. The molecule has 4 nitrogen and oxygen atoms in total. The molecule has 18 heavy (non-hydrogen) atoms. The normalized spacial score (nSPS) is 36.0. The quantitative estimate of drug-likeness (QED) is 0.361. The molecule has 0 spiro atoms. The van der Waals surface area contributed by atoms with Crippen molar-refractivity contribution in [2.45, 2.75) is 33.8 Å². The van der Waals surface area contributed by atoms with Crippen LogP contribution >= 0.6 is 50.5 Å². The maximum atomic E-state index is 10.8. The largest absolute Gasteiger partial charge is 0.355 e. The zero-order chi connectivity index (χ0) is 13.7. The number of thiol groups is 4. The van der Waals surface area contributed by atoms with Gasteiger partial charge in [-0.25, -0.2) is 0 Å². The smallest absolute Gasteiger partial charge is 0.233 e. The molecule has 2 heterocycles. The number of hydrogen-bond acceptors (Lipinski definition) is 6. The molecule has 2 aliphatic rings.